The van der Waals surface area contributed by atoms with Crippen LogP contribution in [0.15, 0.2) is 101 Å². The van der Waals surface area contributed by atoms with Crippen molar-refractivity contribution in [1.29, 1.82) is 0 Å². The summed E-state index contributed by atoms with van der Waals surface area (Å²) >= 11 is 2.03. The molecule has 1 aromatic heterocycles. The van der Waals surface area contributed by atoms with E-state index in [4.69, 9.17) is 4.74 Å². The van der Waals surface area contributed by atoms with E-state index in [-0.39, 0.29) is 17.9 Å². The minimum Gasteiger partial charge on any atom is -0.496 e. The van der Waals surface area contributed by atoms with Gasteiger partial charge in [0.25, 0.3) is 5.69 Å². The average Bonchev–Trinajstić information content (AvgIpc) is 3.51. The number of anilines is 2. The molecule has 13 heteroatoms. The topological polar surface area (TPSA) is 141 Å². The van der Waals surface area contributed by atoms with Gasteiger partial charge in [-0.15, -0.1) is 0 Å². The molecule has 1 N–H and O–H groups in total. The Balaban J connectivity index is 1.29. The summed E-state index contributed by atoms with van der Waals surface area (Å²) in [5, 5.41) is 15.4. The lowest BCUT2D eigenvalue weighted by Crippen LogP contribution is -2.33. The molecule has 1 saturated heterocycles. The Morgan fingerprint density at radius 2 is 1.65 bits per heavy atom. The molecular formula is C33H24N4O7S2. The first-order valence-corrected chi connectivity index (χ1v) is 15.9. The van der Waals surface area contributed by atoms with E-state index < -0.39 is 44.6 Å². The first-order valence-electron chi connectivity index (χ1n) is 14.2. The lowest BCUT2D eigenvalue weighted by Gasteiger charge is -2.31. The van der Waals surface area contributed by atoms with Gasteiger partial charge in [-0.05, 0) is 29.7 Å². The van der Waals surface area contributed by atoms with E-state index >= 15 is 0 Å². The Kier molecular flexibility index (Phi) is 7.41. The number of rotatable bonds is 7. The van der Waals surface area contributed by atoms with E-state index in [9.17, 15) is 29.3 Å². The Hall–Kier alpha value is -5.27. The number of nitrogens with zero attached hydrogens (tertiary/aromatic N) is 3. The van der Waals surface area contributed by atoms with Crippen molar-refractivity contribution in [3.8, 4) is 5.75 Å². The molecule has 2 aliphatic heterocycles. The van der Waals surface area contributed by atoms with Gasteiger partial charge < -0.3 is 10.1 Å². The zero-order valence-electron chi connectivity index (χ0n) is 24.1. The minimum atomic E-state index is -0.925. The number of amides is 3. The predicted molar refractivity (Wildman–Crippen MR) is 175 cm³/mol. The van der Waals surface area contributed by atoms with Crippen molar-refractivity contribution in [1.82, 2.24) is 4.57 Å². The number of thiazole rings is 1. The van der Waals surface area contributed by atoms with Crippen molar-refractivity contribution >= 4 is 68.7 Å². The third-order valence-electron chi connectivity index (χ3n) is 8.21. The number of benzene rings is 4. The number of imide groups is 1. The van der Waals surface area contributed by atoms with Crippen LogP contribution in [0, 0.1) is 16.0 Å². The van der Waals surface area contributed by atoms with Crippen molar-refractivity contribution in [2.45, 2.75) is 22.7 Å². The number of methoxy groups -OCH3 is 1. The molecule has 0 unspecified atom stereocenters. The maximum atomic E-state index is 14.1. The first-order chi connectivity index (χ1) is 22.3. The Morgan fingerprint density at radius 3 is 2.41 bits per heavy atom. The van der Waals surface area contributed by atoms with Crippen LogP contribution < -0.4 is 19.8 Å². The van der Waals surface area contributed by atoms with Crippen LogP contribution in [-0.2, 0) is 20.9 Å². The third kappa shape index (κ3) is 4.84. The Labute approximate surface area is 269 Å². The number of nitro groups is 1. The van der Waals surface area contributed by atoms with Gasteiger partial charge in [0.15, 0.2) is 0 Å². The largest absolute Gasteiger partial charge is 0.496 e. The van der Waals surface area contributed by atoms with Crippen LogP contribution >= 0.6 is 23.1 Å². The highest BCUT2D eigenvalue weighted by atomic mass is 32.2. The second-order valence-electron chi connectivity index (χ2n) is 10.8. The summed E-state index contributed by atoms with van der Waals surface area (Å²) in [4.78, 5) is 66.9. The van der Waals surface area contributed by atoms with Crippen LogP contribution in [0.25, 0.3) is 10.8 Å². The van der Waals surface area contributed by atoms with Crippen molar-refractivity contribution in [3.05, 3.63) is 121 Å². The number of aromatic nitrogens is 1. The molecule has 0 saturated carbocycles. The van der Waals surface area contributed by atoms with Crippen LogP contribution in [-0.4, -0.2) is 39.6 Å². The summed E-state index contributed by atoms with van der Waals surface area (Å²) in [6.45, 7) is -0.300. The first kappa shape index (κ1) is 29.4. The van der Waals surface area contributed by atoms with E-state index in [1.165, 1.54) is 35.9 Å². The predicted octanol–water partition coefficient (Wildman–Crippen LogP) is 5.41. The molecular weight excluding hydrogens is 629 g/mol. The number of carbonyl (C=O) groups excluding carboxylic acids is 3. The lowest BCUT2D eigenvalue weighted by atomic mass is 9.82. The van der Waals surface area contributed by atoms with E-state index in [2.05, 4.69) is 5.32 Å². The molecule has 7 rings (SSSR count). The number of carbonyl (C=O) groups is 3. The Morgan fingerprint density at radius 1 is 0.935 bits per heavy atom. The molecule has 230 valence electrons. The van der Waals surface area contributed by atoms with Crippen LogP contribution in [0.3, 0.4) is 0 Å². The number of hydrogen-bond acceptors (Lipinski definition) is 9. The summed E-state index contributed by atoms with van der Waals surface area (Å²) < 4.78 is 7.01. The number of fused-ring (bicyclic) bond motifs is 3. The van der Waals surface area contributed by atoms with E-state index in [0.717, 1.165) is 38.8 Å². The van der Waals surface area contributed by atoms with Crippen molar-refractivity contribution in [3.63, 3.8) is 0 Å². The molecule has 5 aromatic rings. The SMILES string of the molecule is COc1ccccc1[C@@H]1c2sc(=O)n(CC(=O)Nc3cccc4ccccc34)c2S[C@H]2C(=O)N(c3ccc([N+](=O)[O-])cc3)C(=O)[C@@H]12. The summed E-state index contributed by atoms with van der Waals surface area (Å²) in [5.74, 6) is -2.55. The van der Waals surface area contributed by atoms with E-state index in [0.29, 0.717) is 26.9 Å². The van der Waals surface area contributed by atoms with Gasteiger partial charge >= 0.3 is 4.87 Å². The van der Waals surface area contributed by atoms with Gasteiger partial charge in [0, 0.05) is 39.6 Å². The molecule has 46 heavy (non-hydrogen) atoms. The van der Waals surface area contributed by atoms with Crippen LogP contribution in [0.5, 0.6) is 5.75 Å². The number of nitro benzene ring substituents is 1. The van der Waals surface area contributed by atoms with E-state index in [1.807, 2.05) is 36.4 Å². The van der Waals surface area contributed by atoms with Gasteiger partial charge in [-0.1, -0.05) is 77.7 Å². The fourth-order valence-electron chi connectivity index (χ4n) is 6.16. The Bertz CT molecular complexity index is 2120. The van der Waals surface area contributed by atoms with Crippen LogP contribution in [0.4, 0.5) is 17.1 Å². The number of ether oxygens (including phenoxy) is 1. The molecule has 0 spiro atoms. The van der Waals surface area contributed by atoms with Gasteiger partial charge in [-0.2, -0.15) is 0 Å². The van der Waals surface area contributed by atoms with Gasteiger partial charge in [0.05, 0.1) is 28.7 Å². The molecule has 3 heterocycles. The molecule has 0 radical (unpaired) electrons. The smallest absolute Gasteiger partial charge is 0.308 e. The maximum absolute atomic E-state index is 14.1. The highest BCUT2D eigenvalue weighted by molar-refractivity contribution is 8.00. The number of nitrogens with one attached hydrogen (secondary N) is 1. The van der Waals surface area contributed by atoms with Gasteiger partial charge in [0.2, 0.25) is 17.7 Å². The normalized spacial score (nSPS) is 18.7. The molecule has 0 aliphatic carbocycles. The second kappa shape index (κ2) is 11.6. The fourth-order valence-corrected chi connectivity index (χ4v) is 8.92. The maximum Gasteiger partial charge on any atom is 0.308 e. The molecule has 0 bridgehead atoms. The quantitative estimate of drug-likeness (QED) is 0.140. The average molecular weight is 653 g/mol. The second-order valence-corrected chi connectivity index (χ2v) is 12.9. The molecule has 1 fully saturated rings. The zero-order chi connectivity index (χ0) is 32.1. The highest BCUT2D eigenvalue weighted by Gasteiger charge is 2.57. The van der Waals surface area contributed by atoms with Gasteiger partial charge in [-0.25, -0.2) is 4.90 Å². The lowest BCUT2D eigenvalue weighted by molar-refractivity contribution is -0.384. The molecule has 4 aromatic carbocycles. The summed E-state index contributed by atoms with van der Waals surface area (Å²) in [6, 6.07) is 25.5. The van der Waals surface area contributed by atoms with Crippen LogP contribution in [0.1, 0.15) is 16.4 Å². The van der Waals surface area contributed by atoms with Crippen molar-refractivity contribution in [2.24, 2.45) is 5.92 Å². The molecule has 3 amide bonds. The molecule has 3 atom stereocenters. The minimum absolute atomic E-state index is 0.172. The third-order valence-corrected chi connectivity index (χ3v) is 10.8. The zero-order valence-corrected chi connectivity index (χ0v) is 25.7. The van der Waals surface area contributed by atoms with Crippen molar-refractivity contribution in [2.75, 3.05) is 17.3 Å². The number of non-ortho nitro benzene ring substituents is 1. The molecule has 2 aliphatic rings. The molecule has 11 nitrogen and oxygen atoms in total. The van der Waals surface area contributed by atoms with Crippen LogP contribution in [0.2, 0.25) is 0 Å². The number of thioether (sulfide) groups is 1. The standard InChI is InChI=1S/C33H24N4O7S2/c1-44-24-12-5-4-10-22(24)26-27-28(31(40)36(30(27)39)19-13-15-20(16-14-19)37(42)43)45-32-29(26)46-33(41)35(32)17-25(38)34-23-11-6-8-18-7-2-3-9-21(18)23/h2-16,26-28H,17H2,1H3,(H,34,38)/t26-,27-,28+/m0/s1. The number of para-hydroxylation sites is 1. The van der Waals surface area contributed by atoms with E-state index in [1.54, 1.807) is 30.3 Å². The summed E-state index contributed by atoms with van der Waals surface area (Å²) in [6.07, 6.45) is 0. The highest BCUT2D eigenvalue weighted by Crippen LogP contribution is 2.55. The monoisotopic (exact) mass is 652 g/mol. The number of hydrogen-bond donors (Lipinski definition) is 1. The summed E-state index contributed by atoms with van der Waals surface area (Å²) in [5.41, 5.74) is 1.27. The van der Waals surface area contributed by atoms with Crippen molar-refractivity contribution < 1.29 is 24.0 Å². The van der Waals surface area contributed by atoms with Gasteiger partial charge in [0.1, 0.15) is 17.5 Å². The summed E-state index contributed by atoms with van der Waals surface area (Å²) in [7, 11) is 1.50. The fraction of sp³-hybridized carbons (Fsp3) is 0.152. The van der Waals surface area contributed by atoms with Gasteiger partial charge in [-0.3, -0.25) is 33.9 Å².